The van der Waals surface area contributed by atoms with Crippen molar-refractivity contribution in [1.82, 2.24) is 45.2 Å². The number of phenolic OH excluding ortho intramolecular Hbond substituents is 1. The normalized spacial score (nSPS) is 25.8. The van der Waals surface area contributed by atoms with E-state index in [-0.39, 0.29) is 46.4 Å². The maximum absolute atomic E-state index is 17.1. The van der Waals surface area contributed by atoms with Gasteiger partial charge in [-0.3, -0.25) is 29.5 Å². The van der Waals surface area contributed by atoms with Gasteiger partial charge in [-0.2, -0.15) is 15.1 Å². The van der Waals surface area contributed by atoms with Crippen LogP contribution >= 0.6 is 0 Å². The highest BCUT2D eigenvalue weighted by atomic mass is 19.1. The first kappa shape index (κ1) is 49.3. The summed E-state index contributed by atoms with van der Waals surface area (Å²) in [5.74, 6) is -0.489. The standard InChI is InChI=1S/C56H68F2N10O5/c1-5-40-45(57)15-10-35-23-39(69)26-43(48(35)40)51-49(58)52-44(27-59-51)53(68-20-6-19-56(2,72)31-68)63-55(62-52)73-30-38-25-37(29-65(38)3)60-36-11-7-32(8-12-36)28-67-21-17-33(18-22-67)34-9-13-41-46(24-34)66(4)64-50(41)42-14-16-47(70)61-54(42)71/h9-10,13,15,23-24,26-27,32-33,36-38,42,60,69,72H,5-8,11-12,14,16-22,25,28-31H2,1-4H3,(H,61,70,71)/t32?,36?,37-,38+,42?,56-/m1/s1. The summed E-state index contributed by atoms with van der Waals surface area (Å²) in [6, 6.07) is 13.4. The monoisotopic (exact) mass is 999 g/mol. The molecular formula is C56H68F2N10O5. The summed E-state index contributed by atoms with van der Waals surface area (Å²) >= 11 is 0. The molecule has 73 heavy (non-hydrogen) atoms. The number of pyridine rings is 1. The van der Waals surface area contributed by atoms with E-state index in [1.54, 1.807) is 19.1 Å². The molecule has 4 N–H and O–H groups in total. The molecule has 5 aliphatic rings. The van der Waals surface area contributed by atoms with Gasteiger partial charge in [0, 0.05) is 74.9 Å². The maximum Gasteiger partial charge on any atom is 0.319 e. The number of likely N-dealkylation sites (tertiary alicyclic amines) is 2. The summed E-state index contributed by atoms with van der Waals surface area (Å²) in [6.07, 6.45) is 11.9. The SMILES string of the molecule is CCc1c(F)ccc2cc(O)cc(-c3ncc4c(N5CCC[C@@](C)(O)C5)nc(OC[C@@H]5C[C@@H](NC6CCC(CN7CCC(c8ccc9c(C%10CCC(=O)NC%10=O)nn(C)c9c8)CC7)CC6)CN5C)nc4c3F)c12. The molecule has 1 unspecified atom stereocenters. The van der Waals surface area contributed by atoms with E-state index in [0.717, 1.165) is 81.3 Å². The summed E-state index contributed by atoms with van der Waals surface area (Å²) < 4.78 is 40.6. The number of carbonyl (C=O) groups excluding carboxylic acids is 2. The highest BCUT2D eigenvalue weighted by Gasteiger charge is 2.36. The number of aromatic nitrogens is 5. The molecule has 15 nitrogen and oxygen atoms in total. The number of ether oxygens (including phenoxy) is 1. The molecule has 2 amide bonds. The number of fused-ring (bicyclic) bond motifs is 3. The Labute approximate surface area is 424 Å². The first-order valence-electron chi connectivity index (χ1n) is 26.6. The van der Waals surface area contributed by atoms with Crippen LogP contribution in [0, 0.1) is 17.6 Å². The summed E-state index contributed by atoms with van der Waals surface area (Å²) in [4.78, 5) is 45.5. The van der Waals surface area contributed by atoms with Crippen LogP contribution in [0.15, 0.2) is 48.7 Å². The van der Waals surface area contributed by atoms with Crippen LogP contribution in [0.4, 0.5) is 14.6 Å². The van der Waals surface area contributed by atoms with E-state index < -0.39 is 23.2 Å². The van der Waals surface area contributed by atoms with Crippen molar-refractivity contribution in [3.8, 4) is 23.0 Å². The molecular weight excluding hydrogens is 931 g/mol. The van der Waals surface area contributed by atoms with Crippen LogP contribution in [0.5, 0.6) is 11.8 Å². The number of piperidine rings is 3. The number of hydrogen-bond donors (Lipinski definition) is 4. The molecule has 7 heterocycles. The number of anilines is 1. The third kappa shape index (κ3) is 9.97. The van der Waals surface area contributed by atoms with Gasteiger partial charge in [-0.1, -0.05) is 25.1 Å². The number of aryl methyl sites for hydroxylation is 2. The van der Waals surface area contributed by atoms with Crippen LogP contribution in [0.2, 0.25) is 0 Å². The van der Waals surface area contributed by atoms with Crippen molar-refractivity contribution in [3.63, 3.8) is 0 Å². The number of rotatable bonds is 12. The average Bonchev–Trinajstić information content (AvgIpc) is 3.90. The zero-order valence-electron chi connectivity index (χ0n) is 42.5. The number of halogens is 2. The van der Waals surface area contributed by atoms with Crippen LogP contribution < -0.4 is 20.3 Å². The predicted molar refractivity (Wildman–Crippen MR) is 277 cm³/mol. The van der Waals surface area contributed by atoms with Crippen molar-refractivity contribution in [2.24, 2.45) is 13.0 Å². The largest absolute Gasteiger partial charge is 0.508 e. The fraction of sp³-hybridized carbons (Fsp3) is 0.536. The van der Waals surface area contributed by atoms with Crippen molar-refractivity contribution < 1.29 is 33.3 Å². The number of phenols is 1. The van der Waals surface area contributed by atoms with E-state index in [9.17, 15) is 19.8 Å². The number of carbonyl (C=O) groups is 2. The van der Waals surface area contributed by atoms with E-state index in [2.05, 4.69) is 55.6 Å². The lowest BCUT2D eigenvalue weighted by atomic mass is 9.84. The third-order valence-electron chi connectivity index (χ3n) is 16.8. The lowest BCUT2D eigenvalue weighted by Gasteiger charge is -2.37. The summed E-state index contributed by atoms with van der Waals surface area (Å²) in [5, 5.41) is 35.5. The van der Waals surface area contributed by atoms with Crippen molar-refractivity contribution in [2.75, 3.05) is 57.8 Å². The molecule has 17 heteroatoms. The number of nitrogens with zero attached hydrogens (tertiary/aromatic N) is 8. The molecule has 386 valence electrons. The van der Waals surface area contributed by atoms with Gasteiger partial charge in [-0.05, 0) is 156 Å². The van der Waals surface area contributed by atoms with Gasteiger partial charge in [0.05, 0.1) is 28.1 Å². The lowest BCUT2D eigenvalue weighted by molar-refractivity contribution is -0.134. The minimum absolute atomic E-state index is 0.00384. The third-order valence-corrected chi connectivity index (χ3v) is 16.8. The Kier molecular flexibility index (Phi) is 13.6. The van der Waals surface area contributed by atoms with Crippen LogP contribution in [-0.2, 0) is 23.1 Å². The Morgan fingerprint density at radius 1 is 0.945 bits per heavy atom. The minimum atomic E-state index is -0.967. The number of benzene rings is 3. The molecule has 4 aliphatic heterocycles. The van der Waals surface area contributed by atoms with E-state index in [0.29, 0.717) is 96.8 Å². The van der Waals surface area contributed by atoms with Crippen molar-refractivity contribution >= 4 is 50.2 Å². The Morgan fingerprint density at radius 3 is 2.52 bits per heavy atom. The number of hydrogen-bond acceptors (Lipinski definition) is 13. The van der Waals surface area contributed by atoms with Crippen molar-refractivity contribution in [3.05, 3.63) is 77.1 Å². The van der Waals surface area contributed by atoms with E-state index in [1.165, 1.54) is 36.7 Å². The highest BCUT2D eigenvalue weighted by Crippen LogP contribution is 2.41. The van der Waals surface area contributed by atoms with E-state index in [1.807, 2.05) is 23.6 Å². The molecule has 0 radical (unpaired) electrons. The Hall–Kier alpha value is -5.88. The number of imide groups is 1. The van der Waals surface area contributed by atoms with Crippen molar-refractivity contribution in [1.29, 1.82) is 0 Å². The number of nitrogens with one attached hydrogen (secondary N) is 2. The van der Waals surface area contributed by atoms with Gasteiger partial charge in [0.15, 0.2) is 5.82 Å². The minimum Gasteiger partial charge on any atom is -0.508 e. The number of amides is 2. The quantitative estimate of drug-likeness (QED) is 0.0883. The van der Waals surface area contributed by atoms with Gasteiger partial charge in [-0.15, -0.1) is 0 Å². The second-order valence-electron chi connectivity index (χ2n) is 22.1. The van der Waals surface area contributed by atoms with Gasteiger partial charge >= 0.3 is 6.01 Å². The second-order valence-corrected chi connectivity index (χ2v) is 22.1. The predicted octanol–water partition coefficient (Wildman–Crippen LogP) is 7.63. The zero-order valence-corrected chi connectivity index (χ0v) is 42.5. The Morgan fingerprint density at radius 2 is 1.75 bits per heavy atom. The maximum atomic E-state index is 17.1. The van der Waals surface area contributed by atoms with Gasteiger partial charge < -0.3 is 30.1 Å². The first-order chi connectivity index (χ1) is 35.2. The second kappa shape index (κ2) is 20.1. The smallest absolute Gasteiger partial charge is 0.319 e. The summed E-state index contributed by atoms with van der Waals surface area (Å²) in [5.41, 5.74) is 2.78. The molecule has 4 atom stereocenters. The first-order valence-corrected chi connectivity index (χ1v) is 26.6. The van der Waals surface area contributed by atoms with E-state index in [4.69, 9.17) is 14.8 Å². The molecule has 0 bridgehead atoms. The zero-order chi connectivity index (χ0) is 50.7. The van der Waals surface area contributed by atoms with Crippen LogP contribution in [0.3, 0.4) is 0 Å². The van der Waals surface area contributed by atoms with Gasteiger partial charge in [0.2, 0.25) is 11.8 Å². The molecule has 1 saturated carbocycles. The number of β-amino-alcohol motifs (C(OH)–C–C–N with tert-alkyl or cyclic N) is 1. The Balaban J connectivity index is 0.704. The molecule has 11 rings (SSSR count). The van der Waals surface area contributed by atoms with E-state index >= 15 is 8.78 Å². The highest BCUT2D eigenvalue weighted by molar-refractivity contribution is 6.03. The van der Waals surface area contributed by atoms with Crippen molar-refractivity contribution in [2.45, 2.75) is 126 Å². The molecule has 5 fully saturated rings. The summed E-state index contributed by atoms with van der Waals surface area (Å²) in [7, 11) is 4.05. The van der Waals surface area contributed by atoms with Gasteiger partial charge in [0.1, 0.15) is 35.2 Å². The van der Waals surface area contributed by atoms with Crippen LogP contribution in [0.1, 0.15) is 113 Å². The van der Waals surface area contributed by atoms with Gasteiger partial charge in [-0.25, -0.2) is 8.78 Å². The molecule has 6 aromatic rings. The molecule has 4 saturated heterocycles. The van der Waals surface area contributed by atoms with Gasteiger partial charge in [0.25, 0.3) is 0 Å². The fourth-order valence-corrected chi connectivity index (χ4v) is 12.9. The fourth-order valence-electron chi connectivity index (χ4n) is 12.9. The molecule has 3 aromatic heterocycles. The number of aliphatic hydroxyl groups is 1. The van der Waals surface area contributed by atoms with Crippen LogP contribution in [0.25, 0.3) is 43.8 Å². The lowest BCUT2D eigenvalue weighted by Crippen LogP contribution is -2.46. The number of likely N-dealkylation sites (N-methyl/N-ethyl adjacent to an activating group) is 1. The average molecular weight is 999 g/mol. The molecule has 1 aliphatic carbocycles. The topological polar surface area (TPSA) is 174 Å². The summed E-state index contributed by atoms with van der Waals surface area (Å²) in [6.45, 7) is 9.03. The van der Waals surface area contributed by atoms with Crippen LogP contribution in [-0.4, -0.2) is 133 Å². The molecule has 0 spiro atoms. The molecule has 3 aromatic carbocycles. The number of aromatic hydroxyl groups is 1. The Bertz CT molecular complexity index is 3080.